The van der Waals surface area contributed by atoms with Crippen molar-refractivity contribution in [1.82, 2.24) is 9.88 Å². The van der Waals surface area contributed by atoms with Gasteiger partial charge in [-0.05, 0) is 32.2 Å². The lowest BCUT2D eigenvalue weighted by atomic mass is 10.3. The van der Waals surface area contributed by atoms with Gasteiger partial charge in [0, 0.05) is 11.8 Å². The topological polar surface area (TPSA) is 47.2 Å². The van der Waals surface area contributed by atoms with Gasteiger partial charge >= 0.3 is 0 Å². The van der Waals surface area contributed by atoms with Crippen LogP contribution in [-0.2, 0) is 13.1 Å². The molecule has 0 radical (unpaired) electrons. The molecule has 2 aromatic rings. The second-order valence-electron chi connectivity index (χ2n) is 4.02. The Hall–Kier alpha value is -1.81. The van der Waals surface area contributed by atoms with Gasteiger partial charge in [0.15, 0.2) is 0 Å². The van der Waals surface area contributed by atoms with Crippen LogP contribution in [0.25, 0.3) is 0 Å². The first-order valence-corrected chi connectivity index (χ1v) is 5.59. The molecular weight excluding hydrogens is 216 g/mol. The van der Waals surface area contributed by atoms with Crippen LogP contribution in [0.4, 0.5) is 0 Å². The molecule has 0 aliphatic carbocycles. The third kappa shape index (κ3) is 2.65. The minimum atomic E-state index is 0.0269. The second-order valence-corrected chi connectivity index (χ2v) is 4.02. The lowest BCUT2D eigenvalue weighted by Gasteiger charge is -2.03. The minimum absolute atomic E-state index is 0.0269. The van der Waals surface area contributed by atoms with Crippen molar-refractivity contribution in [3.63, 3.8) is 0 Å². The Kier molecular flexibility index (Phi) is 3.44. The summed E-state index contributed by atoms with van der Waals surface area (Å²) in [6.45, 7) is 2.99. The second kappa shape index (κ2) is 5.01. The van der Waals surface area contributed by atoms with E-state index in [1.807, 2.05) is 38.2 Å². The molecule has 2 heterocycles. The summed E-state index contributed by atoms with van der Waals surface area (Å²) in [6.07, 6.45) is 1.77. The van der Waals surface area contributed by atoms with Crippen molar-refractivity contribution < 1.29 is 4.42 Å². The van der Waals surface area contributed by atoms with Crippen LogP contribution in [-0.4, -0.2) is 11.6 Å². The monoisotopic (exact) mass is 232 g/mol. The van der Waals surface area contributed by atoms with Gasteiger partial charge in [-0.15, -0.1) is 0 Å². The molecule has 0 aliphatic heterocycles. The SMILES string of the molecule is CNCc1ccc(Cn2cccc(C)c2=O)o1. The van der Waals surface area contributed by atoms with E-state index < -0.39 is 0 Å². The largest absolute Gasteiger partial charge is 0.463 e. The van der Waals surface area contributed by atoms with Gasteiger partial charge in [-0.3, -0.25) is 4.79 Å². The molecule has 4 heteroatoms. The van der Waals surface area contributed by atoms with Crippen LogP contribution in [0.15, 0.2) is 39.7 Å². The maximum Gasteiger partial charge on any atom is 0.253 e. The van der Waals surface area contributed by atoms with Gasteiger partial charge in [-0.1, -0.05) is 6.07 Å². The van der Waals surface area contributed by atoms with Crippen molar-refractivity contribution in [3.05, 3.63) is 57.9 Å². The van der Waals surface area contributed by atoms with E-state index in [2.05, 4.69) is 5.32 Å². The number of nitrogens with one attached hydrogen (secondary N) is 1. The number of nitrogens with zero attached hydrogens (tertiary/aromatic N) is 1. The maximum absolute atomic E-state index is 11.8. The normalized spacial score (nSPS) is 10.7. The van der Waals surface area contributed by atoms with E-state index in [1.165, 1.54) is 0 Å². The highest BCUT2D eigenvalue weighted by Crippen LogP contribution is 2.08. The van der Waals surface area contributed by atoms with Crippen LogP contribution in [0.1, 0.15) is 17.1 Å². The molecule has 4 nitrogen and oxygen atoms in total. The van der Waals surface area contributed by atoms with E-state index in [4.69, 9.17) is 4.42 Å². The number of pyridine rings is 1. The summed E-state index contributed by atoms with van der Waals surface area (Å²) >= 11 is 0. The number of furan rings is 1. The fraction of sp³-hybridized carbons (Fsp3) is 0.308. The molecule has 0 aromatic carbocycles. The summed E-state index contributed by atoms with van der Waals surface area (Å²) in [7, 11) is 1.87. The third-order valence-corrected chi connectivity index (χ3v) is 2.60. The molecule has 1 N–H and O–H groups in total. The first kappa shape index (κ1) is 11.7. The lowest BCUT2D eigenvalue weighted by Crippen LogP contribution is -2.21. The summed E-state index contributed by atoms with van der Waals surface area (Å²) in [5, 5.41) is 3.02. The number of hydrogen-bond acceptors (Lipinski definition) is 3. The first-order chi connectivity index (χ1) is 8.20. The summed E-state index contributed by atoms with van der Waals surface area (Å²) < 4.78 is 7.25. The third-order valence-electron chi connectivity index (χ3n) is 2.60. The van der Waals surface area contributed by atoms with Crippen molar-refractivity contribution in [2.24, 2.45) is 0 Å². The Balaban J connectivity index is 2.19. The number of aromatic nitrogens is 1. The predicted octanol–water partition coefficient (Wildman–Crippen LogP) is 1.52. The van der Waals surface area contributed by atoms with Gasteiger partial charge in [0.2, 0.25) is 0 Å². The van der Waals surface area contributed by atoms with E-state index in [0.717, 1.165) is 17.1 Å². The van der Waals surface area contributed by atoms with Gasteiger partial charge in [0.25, 0.3) is 5.56 Å². The maximum atomic E-state index is 11.8. The number of aryl methyl sites for hydroxylation is 1. The quantitative estimate of drug-likeness (QED) is 0.869. The smallest absolute Gasteiger partial charge is 0.253 e. The van der Waals surface area contributed by atoms with Crippen molar-refractivity contribution in [2.45, 2.75) is 20.0 Å². The van der Waals surface area contributed by atoms with Crippen LogP contribution in [0.3, 0.4) is 0 Å². The highest BCUT2D eigenvalue weighted by atomic mass is 16.3. The predicted molar refractivity (Wildman–Crippen MR) is 66.0 cm³/mol. The van der Waals surface area contributed by atoms with Crippen LogP contribution in [0.2, 0.25) is 0 Å². The van der Waals surface area contributed by atoms with Crippen molar-refractivity contribution in [2.75, 3.05) is 7.05 Å². The Morgan fingerprint density at radius 3 is 2.82 bits per heavy atom. The minimum Gasteiger partial charge on any atom is -0.463 e. The zero-order valence-electron chi connectivity index (χ0n) is 10.1. The molecule has 0 aliphatic rings. The molecule has 2 rings (SSSR count). The summed E-state index contributed by atoms with van der Waals surface area (Å²) in [5.41, 5.74) is 0.772. The van der Waals surface area contributed by atoms with E-state index in [-0.39, 0.29) is 5.56 Å². The number of hydrogen-bond donors (Lipinski definition) is 1. The summed E-state index contributed by atoms with van der Waals surface area (Å²) in [6, 6.07) is 7.51. The van der Waals surface area contributed by atoms with E-state index in [9.17, 15) is 4.79 Å². The lowest BCUT2D eigenvalue weighted by molar-refractivity contribution is 0.442. The van der Waals surface area contributed by atoms with E-state index >= 15 is 0 Å². The Morgan fingerprint density at radius 2 is 2.06 bits per heavy atom. The van der Waals surface area contributed by atoms with Gasteiger partial charge in [-0.2, -0.15) is 0 Å². The average molecular weight is 232 g/mol. The van der Waals surface area contributed by atoms with Crippen LogP contribution >= 0.6 is 0 Å². The molecule has 0 spiro atoms. The molecule has 0 amide bonds. The fourth-order valence-electron chi connectivity index (χ4n) is 1.73. The highest BCUT2D eigenvalue weighted by molar-refractivity contribution is 5.11. The molecule has 17 heavy (non-hydrogen) atoms. The van der Waals surface area contributed by atoms with E-state index in [0.29, 0.717) is 13.1 Å². The van der Waals surface area contributed by atoms with Gasteiger partial charge < -0.3 is 14.3 Å². The molecule has 0 saturated carbocycles. The molecule has 0 unspecified atom stereocenters. The van der Waals surface area contributed by atoms with Crippen LogP contribution in [0, 0.1) is 6.92 Å². The first-order valence-electron chi connectivity index (χ1n) is 5.59. The summed E-state index contributed by atoms with van der Waals surface area (Å²) in [5.74, 6) is 1.67. The number of rotatable bonds is 4. The van der Waals surface area contributed by atoms with E-state index in [1.54, 1.807) is 10.8 Å². The molecule has 0 atom stereocenters. The van der Waals surface area contributed by atoms with Crippen molar-refractivity contribution in [1.29, 1.82) is 0 Å². The standard InChI is InChI=1S/C13H16N2O2/c1-10-4-3-7-15(13(10)16)9-12-6-5-11(17-12)8-14-2/h3-7,14H,8-9H2,1-2H3. The molecule has 0 bridgehead atoms. The highest BCUT2D eigenvalue weighted by Gasteiger charge is 2.04. The molecular formula is C13H16N2O2. The van der Waals surface area contributed by atoms with Gasteiger partial charge in [0.05, 0.1) is 13.1 Å². The van der Waals surface area contributed by atoms with Crippen molar-refractivity contribution in [3.8, 4) is 0 Å². The molecule has 2 aromatic heterocycles. The zero-order valence-corrected chi connectivity index (χ0v) is 10.1. The Labute approximate surface area is 99.9 Å². The van der Waals surface area contributed by atoms with Crippen LogP contribution in [0.5, 0.6) is 0 Å². The van der Waals surface area contributed by atoms with Crippen molar-refractivity contribution >= 4 is 0 Å². The molecule has 0 saturated heterocycles. The summed E-state index contributed by atoms with van der Waals surface area (Å²) in [4.78, 5) is 11.8. The fourth-order valence-corrected chi connectivity index (χ4v) is 1.73. The zero-order chi connectivity index (χ0) is 12.3. The van der Waals surface area contributed by atoms with Gasteiger partial charge in [0.1, 0.15) is 11.5 Å². The van der Waals surface area contributed by atoms with Gasteiger partial charge in [-0.25, -0.2) is 0 Å². The Morgan fingerprint density at radius 1 is 1.29 bits per heavy atom. The molecule has 90 valence electrons. The molecule has 0 fully saturated rings. The van der Waals surface area contributed by atoms with Crippen LogP contribution < -0.4 is 10.9 Å². The Bertz CT molecular complexity index is 555. The average Bonchev–Trinajstić information content (AvgIpc) is 2.73.